The van der Waals surface area contributed by atoms with Gasteiger partial charge in [-0.1, -0.05) is 73.8 Å². The molecule has 1 N–H and O–H groups in total. The van der Waals surface area contributed by atoms with E-state index < -0.39 is 18.0 Å². The second kappa shape index (κ2) is 8.76. The smallest absolute Gasteiger partial charge is 0.272 e. The van der Waals surface area contributed by atoms with E-state index in [1.54, 1.807) is 6.08 Å². The maximum Gasteiger partial charge on any atom is 0.272 e. The lowest BCUT2D eigenvalue weighted by Crippen LogP contribution is -2.51. The van der Waals surface area contributed by atoms with E-state index in [4.69, 9.17) is 44.0 Å². The first-order valence-electron chi connectivity index (χ1n) is 8.24. The minimum atomic E-state index is -2.01. The lowest BCUT2D eigenvalue weighted by molar-refractivity contribution is -0.122. The number of carbonyl (C=O) groups excluding carboxylic acids is 1. The number of carbonyl (C=O) groups is 1. The molecule has 144 valence electrons. The fourth-order valence-corrected chi connectivity index (χ4v) is 3.24. The normalized spacial score (nSPS) is 24.9. The van der Waals surface area contributed by atoms with Crippen LogP contribution >= 0.6 is 34.8 Å². The lowest BCUT2D eigenvalue weighted by Gasteiger charge is -2.38. The van der Waals surface area contributed by atoms with Crippen LogP contribution in [0.5, 0.6) is 0 Å². The predicted molar refractivity (Wildman–Crippen MR) is 108 cm³/mol. The van der Waals surface area contributed by atoms with Crippen molar-refractivity contribution in [1.82, 2.24) is 5.32 Å². The van der Waals surface area contributed by atoms with Gasteiger partial charge in [-0.15, -0.1) is 6.58 Å². The maximum absolute atomic E-state index is 11.9. The fraction of sp³-hybridized carbons (Fsp3) is 0.706. The van der Waals surface area contributed by atoms with Crippen LogP contribution in [-0.4, -0.2) is 42.9 Å². The molecule has 0 unspecified atom stereocenters. The summed E-state index contributed by atoms with van der Waals surface area (Å²) < 4.78 is 10.3. The Morgan fingerprint density at radius 2 is 1.92 bits per heavy atom. The van der Waals surface area contributed by atoms with Gasteiger partial charge in [-0.3, -0.25) is 4.79 Å². The average molecular weight is 429 g/mol. The van der Waals surface area contributed by atoms with Gasteiger partial charge in [0.15, 0.2) is 8.32 Å². The average Bonchev–Trinajstić information content (AvgIpc) is 2.45. The summed E-state index contributed by atoms with van der Waals surface area (Å²) in [6.07, 6.45) is 5.59. The number of ether oxygens (including phenoxy) is 1. The molecule has 0 saturated carbocycles. The molecule has 3 atom stereocenters. The molecule has 0 radical (unpaired) electrons. The minimum absolute atomic E-state index is 0.132. The summed E-state index contributed by atoms with van der Waals surface area (Å²) in [5, 5.41) is 2.82. The summed E-state index contributed by atoms with van der Waals surface area (Å²) in [6, 6.07) is -0.384. The highest BCUT2D eigenvalue weighted by atomic mass is 35.6. The zero-order chi connectivity index (χ0) is 19.5. The maximum atomic E-state index is 11.9. The van der Waals surface area contributed by atoms with Gasteiger partial charge in [-0.25, -0.2) is 0 Å². The summed E-state index contributed by atoms with van der Waals surface area (Å²) in [4.78, 5) is 11.9. The standard InChI is InChI=1S/C17H28Cl3NO3Si/c1-7-8-14-13(21-15(22)17(18,19)20)10-9-12(24-14)11-23-25(5,6)16(2,3)4/h7,9-10,12-14H,1,8,11H2,2-6H3,(H,21,22)/t12-,13-,14+/m0/s1. The first-order chi connectivity index (χ1) is 11.3. The number of hydrogen-bond donors (Lipinski definition) is 1. The van der Waals surface area contributed by atoms with Crippen LogP contribution in [0, 0.1) is 0 Å². The molecular formula is C17H28Cl3NO3Si. The van der Waals surface area contributed by atoms with Crippen LogP contribution in [-0.2, 0) is 14.0 Å². The highest BCUT2D eigenvalue weighted by Gasteiger charge is 2.39. The Morgan fingerprint density at radius 1 is 1.32 bits per heavy atom. The Bertz CT molecular complexity index is 512. The minimum Gasteiger partial charge on any atom is -0.414 e. The van der Waals surface area contributed by atoms with Crippen LogP contribution in [0.4, 0.5) is 0 Å². The summed E-state index contributed by atoms with van der Waals surface area (Å²) in [5.74, 6) is -0.680. The van der Waals surface area contributed by atoms with Crippen molar-refractivity contribution in [3.8, 4) is 0 Å². The number of halogens is 3. The third kappa shape index (κ3) is 6.89. The second-order valence-corrected chi connectivity index (χ2v) is 14.8. The van der Waals surface area contributed by atoms with Crippen molar-refractivity contribution in [3.63, 3.8) is 0 Å². The molecule has 0 saturated heterocycles. The topological polar surface area (TPSA) is 47.6 Å². The molecule has 1 aliphatic heterocycles. The zero-order valence-electron chi connectivity index (χ0n) is 15.4. The zero-order valence-corrected chi connectivity index (χ0v) is 18.7. The molecule has 0 spiro atoms. The second-order valence-electron chi connectivity index (χ2n) is 7.69. The van der Waals surface area contributed by atoms with E-state index in [0.29, 0.717) is 13.0 Å². The van der Waals surface area contributed by atoms with Gasteiger partial charge < -0.3 is 14.5 Å². The van der Waals surface area contributed by atoms with E-state index in [9.17, 15) is 4.79 Å². The Hall–Kier alpha value is -0.0431. The van der Waals surface area contributed by atoms with Crippen LogP contribution < -0.4 is 5.32 Å². The third-order valence-corrected chi connectivity index (χ3v) is 9.67. The largest absolute Gasteiger partial charge is 0.414 e. The monoisotopic (exact) mass is 427 g/mol. The Labute approximate surface area is 167 Å². The highest BCUT2D eigenvalue weighted by molar-refractivity contribution is 6.76. The van der Waals surface area contributed by atoms with Crippen LogP contribution in [0.3, 0.4) is 0 Å². The number of amides is 1. The van der Waals surface area contributed by atoms with Gasteiger partial charge in [0.1, 0.15) is 0 Å². The van der Waals surface area contributed by atoms with Crippen molar-refractivity contribution in [3.05, 3.63) is 24.8 Å². The van der Waals surface area contributed by atoms with Crippen molar-refractivity contribution in [2.45, 2.75) is 67.4 Å². The van der Waals surface area contributed by atoms with E-state index >= 15 is 0 Å². The summed E-state index contributed by atoms with van der Waals surface area (Å²) in [7, 11) is -1.85. The molecule has 0 aromatic heterocycles. The van der Waals surface area contributed by atoms with Crippen molar-refractivity contribution >= 4 is 49.0 Å². The van der Waals surface area contributed by atoms with E-state index in [2.05, 4.69) is 45.8 Å². The molecule has 0 aromatic rings. The lowest BCUT2D eigenvalue weighted by atomic mass is 10.0. The molecule has 1 aliphatic rings. The molecule has 1 amide bonds. The molecule has 4 nitrogen and oxygen atoms in total. The molecule has 0 fully saturated rings. The Kier molecular flexibility index (Phi) is 8.06. The quantitative estimate of drug-likeness (QED) is 0.377. The van der Waals surface area contributed by atoms with Crippen LogP contribution in [0.2, 0.25) is 18.1 Å². The summed E-state index contributed by atoms with van der Waals surface area (Å²) in [6.45, 7) is 15.2. The first-order valence-corrected chi connectivity index (χ1v) is 12.3. The van der Waals surface area contributed by atoms with Gasteiger partial charge in [0.2, 0.25) is 0 Å². The molecule has 1 rings (SSSR count). The summed E-state index contributed by atoms with van der Waals surface area (Å²) >= 11 is 16.9. The Morgan fingerprint density at radius 3 is 2.40 bits per heavy atom. The fourth-order valence-electron chi connectivity index (χ4n) is 2.06. The number of hydrogen-bond acceptors (Lipinski definition) is 3. The molecule has 1 heterocycles. The van der Waals surface area contributed by atoms with Crippen LogP contribution in [0.15, 0.2) is 24.8 Å². The van der Waals surface area contributed by atoms with E-state index in [1.165, 1.54) is 0 Å². The molecule has 8 heteroatoms. The number of nitrogens with one attached hydrogen (secondary N) is 1. The Balaban J connectivity index is 2.75. The van der Waals surface area contributed by atoms with Gasteiger partial charge in [0.25, 0.3) is 9.70 Å². The van der Waals surface area contributed by atoms with Crippen molar-refractivity contribution < 1.29 is 14.0 Å². The van der Waals surface area contributed by atoms with Gasteiger partial charge in [-0.05, 0) is 24.6 Å². The van der Waals surface area contributed by atoms with E-state index in [1.807, 2.05) is 12.2 Å². The van der Waals surface area contributed by atoms with E-state index in [0.717, 1.165) is 0 Å². The van der Waals surface area contributed by atoms with Crippen molar-refractivity contribution in [2.24, 2.45) is 0 Å². The molecular weight excluding hydrogens is 401 g/mol. The molecule has 0 bridgehead atoms. The van der Waals surface area contributed by atoms with Gasteiger partial charge in [0.05, 0.1) is 24.9 Å². The number of alkyl halides is 3. The number of rotatable bonds is 6. The highest BCUT2D eigenvalue weighted by Crippen LogP contribution is 2.37. The third-order valence-electron chi connectivity index (χ3n) is 4.65. The summed E-state index contributed by atoms with van der Waals surface area (Å²) in [5.41, 5.74) is 0. The van der Waals surface area contributed by atoms with E-state index in [-0.39, 0.29) is 23.3 Å². The van der Waals surface area contributed by atoms with Crippen molar-refractivity contribution in [2.75, 3.05) is 6.61 Å². The van der Waals surface area contributed by atoms with Gasteiger partial charge >= 0.3 is 0 Å². The molecule has 0 aromatic carbocycles. The first kappa shape index (κ1) is 23.0. The SMILES string of the molecule is C=CC[C@H]1O[C@H](CO[Si](C)(C)C(C)(C)C)C=C[C@@H]1NC(=O)C(Cl)(Cl)Cl. The van der Waals surface area contributed by atoms with Gasteiger partial charge in [0, 0.05) is 0 Å². The van der Waals surface area contributed by atoms with Gasteiger partial charge in [-0.2, -0.15) is 0 Å². The van der Waals surface area contributed by atoms with Crippen LogP contribution in [0.1, 0.15) is 27.2 Å². The molecule has 25 heavy (non-hydrogen) atoms. The molecule has 0 aliphatic carbocycles. The van der Waals surface area contributed by atoms with Crippen LogP contribution in [0.25, 0.3) is 0 Å². The predicted octanol–water partition coefficient (Wildman–Crippen LogP) is 4.76. The van der Waals surface area contributed by atoms with Crippen molar-refractivity contribution in [1.29, 1.82) is 0 Å².